The zero-order chi connectivity index (χ0) is 13.1. The van der Waals surface area contributed by atoms with Gasteiger partial charge in [-0.25, -0.2) is 0 Å². The summed E-state index contributed by atoms with van der Waals surface area (Å²) in [4.78, 5) is 5.81. The van der Waals surface area contributed by atoms with E-state index in [4.69, 9.17) is 0 Å². The molecule has 2 N–H and O–H groups in total. The van der Waals surface area contributed by atoms with Crippen molar-refractivity contribution in [1.82, 2.24) is 15.2 Å². The fourth-order valence-electron chi connectivity index (χ4n) is 2.93. The minimum absolute atomic E-state index is 0. The van der Waals surface area contributed by atoms with Gasteiger partial charge in [-0.15, -0.1) is 31.4 Å². The summed E-state index contributed by atoms with van der Waals surface area (Å²) in [7, 11) is 0. The maximum Gasteiger partial charge on any atom is 0.0454 e. The van der Waals surface area contributed by atoms with Gasteiger partial charge in [-0.1, -0.05) is 12.1 Å². The third kappa shape index (κ3) is 4.01. The van der Waals surface area contributed by atoms with Crippen LogP contribution in [0.1, 0.15) is 18.0 Å². The fraction of sp³-hybridized carbons (Fsp3) is 0.375. The molecule has 1 aromatic carbocycles. The van der Waals surface area contributed by atoms with Gasteiger partial charge in [-0.05, 0) is 35.6 Å². The minimum Gasteiger partial charge on any atom is -0.361 e. The summed E-state index contributed by atoms with van der Waals surface area (Å²) in [5, 5.41) is 4.71. The van der Waals surface area contributed by atoms with Crippen molar-refractivity contribution < 1.29 is 0 Å². The zero-order valence-electron chi connectivity index (χ0n) is 12.0. The Labute approximate surface area is 138 Å². The Morgan fingerprint density at radius 2 is 1.95 bits per heavy atom. The van der Waals surface area contributed by atoms with Crippen LogP contribution in [0.3, 0.4) is 0 Å². The van der Waals surface area contributed by atoms with Crippen LogP contribution in [0.15, 0.2) is 43.1 Å². The van der Waals surface area contributed by atoms with Gasteiger partial charge in [0.05, 0.1) is 0 Å². The largest absolute Gasteiger partial charge is 0.361 e. The summed E-state index contributed by atoms with van der Waals surface area (Å²) in [5.74, 6) is 0. The fourth-order valence-corrected chi connectivity index (χ4v) is 2.93. The summed E-state index contributed by atoms with van der Waals surface area (Å²) < 4.78 is 0. The molecule has 1 aliphatic heterocycles. The van der Waals surface area contributed by atoms with Crippen molar-refractivity contribution in [3.05, 3.63) is 48.7 Å². The van der Waals surface area contributed by atoms with Crippen molar-refractivity contribution in [3.63, 3.8) is 0 Å². The third-order valence-electron chi connectivity index (χ3n) is 3.94. The maximum atomic E-state index is 3.92. The second-order valence-electron chi connectivity index (χ2n) is 5.15. The summed E-state index contributed by atoms with van der Waals surface area (Å²) in [6.45, 7) is 8.32. The Bertz CT molecular complexity index is 561. The van der Waals surface area contributed by atoms with Gasteiger partial charge in [0.1, 0.15) is 0 Å². The molecule has 1 saturated heterocycles. The predicted molar refractivity (Wildman–Crippen MR) is 94.8 cm³/mol. The van der Waals surface area contributed by atoms with E-state index >= 15 is 0 Å². The first-order chi connectivity index (χ1) is 9.38. The maximum absolute atomic E-state index is 3.92. The average Bonchev–Trinajstić information content (AvgIpc) is 2.93. The van der Waals surface area contributed by atoms with Crippen LogP contribution in [0, 0.1) is 0 Å². The molecule has 1 aromatic heterocycles. The number of fused-ring (bicyclic) bond motifs is 1. The van der Waals surface area contributed by atoms with Crippen LogP contribution in [0.2, 0.25) is 0 Å². The lowest BCUT2D eigenvalue weighted by atomic mass is 10.00. The number of halogens is 2. The Kier molecular flexibility index (Phi) is 7.26. The summed E-state index contributed by atoms with van der Waals surface area (Å²) in [5.41, 5.74) is 2.61. The Balaban J connectivity index is 0.00000110. The molecule has 0 unspecified atom stereocenters. The molecule has 0 aliphatic carbocycles. The van der Waals surface area contributed by atoms with E-state index in [9.17, 15) is 0 Å². The number of benzene rings is 1. The van der Waals surface area contributed by atoms with E-state index < -0.39 is 0 Å². The number of hydrogen-bond donors (Lipinski definition) is 2. The van der Waals surface area contributed by atoms with Gasteiger partial charge in [0.25, 0.3) is 0 Å². The molecule has 0 saturated carbocycles. The smallest absolute Gasteiger partial charge is 0.0454 e. The molecule has 1 aliphatic rings. The van der Waals surface area contributed by atoms with Crippen LogP contribution in [-0.4, -0.2) is 36.1 Å². The van der Waals surface area contributed by atoms with Gasteiger partial charge in [-0.2, -0.15) is 0 Å². The second-order valence-corrected chi connectivity index (χ2v) is 5.15. The van der Waals surface area contributed by atoms with Crippen LogP contribution in [0.25, 0.3) is 10.9 Å². The lowest BCUT2D eigenvalue weighted by molar-refractivity contribution is 0.174. The highest BCUT2D eigenvalue weighted by Gasteiger charge is 2.21. The molecule has 0 radical (unpaired) electrons. The first-order valence-electron chi connectivity index (χ1n) is 7.01. The number of piperazine rings is 1. The molecule has 2 aromatic rings. The van der Waals surface area contributed by atoms with Crippen LogP contribution in [0.4, 0.5) is 0 Å². The number of hydrogen-bond acceptors (Lipinski definition) is 2. The van der Waals surface area contributed by atoms with Crippen LogP contribution in [-0.2, 0) is 0 Å². The Morgan fingerprint density at radius 3 is 2.67 bits per heavy atom. The van der Waals surface area contributed by atoms with Crippen LogP contribution in [0.5, 0.6) is 0 Å². The number of aromatic amines is 1. The zero-order valence-corrected chi connectivity index (χ0v) is 13.7. The standard InChI is InChI=1S/C16H21N3.2ClH/c1-2-3-16(19-10-8-17-9-11-19)14-4-5-15-13(12-14)6-7-18-15;;/h2,4-7,12,16-18H,1,3,8-11H2;2*1H/t16-;;/m0../s1. The predicted octanol–water partition coefficient (Wildman–Crippen LogP) is 3.53. The number of rotatable bonds is 4. The van der Waals surface area contributed by atoms with E-state index in [1.807, 2.05) is 12.3 Å². The van der Waals surface area contributed by atoms with Gasteiger partial charge in [-0.3, -0.25) is 4.90 Å². The van der Waals surface area contributed by atoms with E-state index in [1.54, 1.807) is 0 Å². The van der Waals surface area contributed by atoms with Crippen molar-refractivity contribution in [2.45, 2.75) is 12.5 Å². The van der Waals surface area contributed by atoms with Crippen molar-refractivity contribution in [2.24, 2.45) is 0 Å². The molecule has 0 amide bonds. The molecule has 0 spiro atoms. The summed E-state index contributed by atoms with van der Waals surface area (Å²) >= 11 is 0. The van der Waals surface area contributed by atoms with E-state index in [0.29, 0.717) is 6.04 Å². The Hall–Kier alpha value is -1.000. The van der Waals surface area contributed by atoms with E-state index in [-0.39, 0.29) is 24.8 Å². The number of nitrogens with zero attached hydrogens (tertiary/aromatic N) is 1. The Morgan fingerprint density at radius 1 is 1.19 bits per heavy atom. The molecule has 5 heteroatoms. The molecule has 3 nitrogen and oxygen atoms in total. The second kappa shape index (κ2) is 8.44. The highest BCUT2D eigenvalue weighted by molar-refractivity contribution is 5.85. The van der Waals surface area contributed by atoms with Crippen molar-refractivity contribution in [2.75, 3.05) is 26.2 Å². The average molecular weight is 328 g/mol. The van der Waals surface area contributed by atoms with E-state index in [2.05, 4.69) is 46.0 Å². The number of H-pyrrole nitrogens is 1. The first kappa shape index (κ1) is 18.1. The van der Waals surface area contributed by atoms with Crippen molar-refractivity contribution in [3.8, 4) is 0 Å². The van der Waals surface area contributed by atoms with Crippen LogP contribution >= 0.6 is 24.8 Å². The molecule has 1 fully saturated rings. The molecule has 2 heterocycles. The van der Waals surface area contributed by atoms with E-state index in [1.165, 1.54) is 16.5 Å². The highest BCUT2D eigenvalue weighted by Crippen LogP contribution is 2.27. The molecule has 3 rings (SSSR count). The molecule has 0 bridgehead atoms. The minimum atomic E-state index is 0. The van der Waals surface area contributed by atoms with Crippen LogP contribution < -0.4 is 5.32 Å². The topological polar surface area (TPSA) is 31.1 Å². The molecule has 116 valence electrons. The first-order valence-corrected chi connectivity index (χ1v) is 7.01. The lowest BCUT2D eigenvalue weighted by Crippen LogP contribution is -2.45. The van der Waals surface area contributed by atoms with Gasteiger partial charge in [0.15, 0.2) is 0 Å². The number of aromatic nitrogens is 1. The molecule has 1 atom stereocenters. The SMILES string of the molecule is C=CC[C@@H](c1ccc2[nH]ccc2c1)N1CCNCC1.Cl.Cl. The van der Waals surface area contributed by atoms with Crippen molar-refractivity contribution in [1.29, 1.82) is 0 Å². The van der Waals surface area contributed by atoms with Gasteiger partial charge >= 0.3 is 0 Å². The number of nitrogens with one attached hydrogen (secondary N) is 2. The third-order valence-corrected chi connectivity index (χ3v) is 3.94. The normalized spacial score (nSPS) is 16.8. The van der Waals surface area contributed by atoms with E-state index in [0.717, 1.165) is 32.6 Å². The van der Waals surface area contributed by atoms with Gasteiger partial charge < -0.3 is 10.3 Å². The van der Waals surface area contributed by atoms with Gasteiger partial charge in [0, 0.05) is 43.9 Å². The molecular weight excluding hydrogens is 305 g/mol. The van der Waals surface area contributed by atoms with Gasteiger partial charge in [0.2, 0.25) is 0 Å². The molecule has 21 heavy (non-hydrogen) atoms. The summed E-state index contributed by atoms with van der Waals surface area (Å²) in [6.07, 6.45) is 5.05. The lowest BCUT2D eigenvalue weighted by Gasteiger charge is -2.34. The quantitative estimate of drug-likeness (QED) is 0.841. The summed E-state index contributed by atoms with van der Waals surface area (Å²) in [6, 6.07) is 9.33. The highest BCUT2D eigenvalue weighted by atomic mass is 35.5. The monoisotopic (exact) mass is 327 g/mol. The molecular formula is C16H23Cl2N3. The van der Waals surface area contributed by atoms with Crippen molar-refractivity contribution >= 4 is 35.7 Å².